The number of aliphatic hydroxyl groups excluding tert-OH is 1. The van der Waals surface area contributed by atoms with Gasteiger partial charge in [0.1, 0.15) is 11.3 Å². The van der Waals surface area contributed by atoms with Crippen LogP contribution < -0.4 is 0 Å². The number of thiophene rings is 1. The van der Waals surface area contributed by atoms with Crippen molar-refractivity contribution in [2.24, 2.45) is 0 Å². The third-order valence-corrected chi connectivity index (χ3v) is 4.89. The van der Waals surface area contributed by atoms with Crippen LogP contribution in [0.3, 0.4) is 0 Å². The minimum absolute atomic E-state index is 0.00110. The number of nitrogens with zero attached hydrogens (tertiary/aromatic N) is 2. The van der Waals surface area contributed by atoms with Crippen LogP contribution in [0, 0.1) is 0 Å². The Morgan fingerprint density at radius 3 is 2.85 bits per heavy atom. The number of aromatic amines is 1. The first-order valence-corrected chi connectivity index (χ1v) is 9.16. The molecule has 0 saturated carbocycles. The van der Waals surface area contributed by atoms with Gasteiger partial charge in [-0.2, -0.15) is 9.78 Å². The second kappa shape index (κ2) is 5.96. The second-order valence-corrected chi connectivity index (χ2v) is 8.05. The van der Waals surface area contributed by atoms with Crippen LogP contribution in [-0.2, 0) is 11.3 Å². The van der Waals surface area contributed by atoms with Gasteiger partial charge in [0.2, 0.25) is 0 Å². The number of H-pyrrole nitrogens is 1. The zero-order valence-electron chi connectivity index (χ0n) is 14.7. The van der Waals surface area contributed by atoms with Gasteiger partial charge in [0.15, 0.2) is 0 Å². The molecular weight excluding hydrogens is 350 g/mol. The molecule has 2 N–H and O–H groups in total. The number of benzene rings is 1. The van der Waals surface area contributed by atoms with Gasteiger partial charge in [0, 0.05) is 10.9 Å². The number of rotatable bonds is 2. The quantitative estimate of drug-likeness (QED) is 0.544. The molecule has 0 spiro atoms. The van der Waals surface area contributed by atoms with Gasteiger partial charge in [-0.1, -0.05) is 6.07 Å². The lowest BCUT2D eigenvalue weighted by Crippen LogP contribution is -2.27. The zero-order chi connectivity index (χ0) is 18.5. The average molecular weight is 369 g/mol. The van der Waals surface area contributed by atoms with E-state index in [9.17, 15) is 9.90 Å². The molecule has 0 aliphatic heterocycles. The van der Waals surface area contributed by atoms with Crippen LogP contribution >= 0.6 is 11.3 Å². The summed E-state index contributed by atoms with van der Waals surface area (Å²) >= 11 is 1.53. The third kappa shape index (κ3) is 2.89. The van der Waals surface area contributed by atoms with E-state index in [2.05, 4.69) is 10.1 Å². The lowest BCUT2D eigenvalue weighted by atomic mass is 10.1. The number of ether oxygens (including phenoxy) is 1. The van der Waals surface area contributed by atoms with Crippen LogP contribution in [-0.4, -0.2) is 31.6 Å². The summed E-state index contributed by atoms with van der Waals surface area (Å²) in [5.74, 6) is 0. The maximum Gasteiger partial charge on any atom is 0.435 e. The van der Waals surface area contributed by atoms with Crippen molar-refractivity contribution < 1.29 is 14.6 Å². The molecule has 1 aromatic carbocycles. The summed E-state index contributed by atoms with van der Waals surface area (Å²) in [6, 6.07) is 9.59. The van der Waals surface area contributed by atoms with Crippen LogP contribution in [0.4, 0.5) is 4.79 Å². The van der Waals surface area contributed by atoms with Gasteiger partial charge in [-0.15, -0.1) is 11.3 Å². The first kappa shape index (κ1) is 16.8. The van der Waals surface area contributed by atoms with E-state index in [0.29, 0.717) is 5.69 Å². The Balaban J connectivity index is 1.82. The summed E-state index contributed by atoms with van der Waals surface area (Å²) in [6.45, 7) is 5.49. The minimum Gasteiger partial charge on any atom is -0.442 e. The fourth-order valence-electron chi connectivity index (χ4n) is 2.87. The van der Waals surface area contributed by atoms with Gasteiger partial charge in [0.05, 0.1) is 22.5 Å². The lowest BCUT2D eigenvalue weighted by Gasteiger charge is -2.18. The van der Waals surface area contributed by atoms with Crippen molar-refractivity contribution in [1.82, 2.24) is 14.8 Å². The van der Waals surface area contributed by atoms with Gasteiger partial charge in [-0.05, 0) is 56.0 Å². The van der Waals surface area contributed by atoms with Crippen molar-refractivity contribution >= 4 is 38.5 Å². The van der Waals surface area contributed by atoms with Gasteiger partial charge >= 0.3 is 6.09 Å². The molecule has 0 radical (unpaired) electrons. The summed E-state index contributed by atoms with van der Waals surface area (Å²) in [4.78, 5) is 15.9. The van der Waals surface area contributed by atoms with Gasteiger partial charge in [-0.3, -0.25) is 0 Å². The largest absolute Gasteiger partial charge is 0.442 e. The summed E-state index contributed by atoms with van der Waals surface area (Å²) < 4.78 is 7.71. The van der Waals surface area contributed by atoms with Crippen molar-refractivity contribution in [2.45, 2.75) is 33.0 Å². The third-order valence-electron chi connectivity index (χ3n) is 3.98. The van der Waals surface area contributed by atoms with E-state index < -0.39 is 11.7 Å². The summed E-state index contributed by atoms with van der Waals surface area (Å²) in [5, 5.41) is 16.8. The first-order valence-electron chi connectivity index (χ1n) is 8.28. The average Bonchev–Trinajstić information content (AvgIpc) is 3.26. The van der Waals surface area contributed by atoms with Crippen LogP contribution in [0.2, 0.25) is 0 Å². The van der Waals surface area contributed by atoms with E-state index in [0.717, 1.165) is 32.4 Å². The van der Waals surface area contributed by atoms with Gasteiger partial charge in [0.25, 0.3) is 0 Å². The molecule has 0 aliphatic carbocycles. The van der Waals surface area contributed by atoms with Crippen LogP contribution in [0.5, 0.6) is 0 Å². The summed E-state index contributed by atoms with van der Waals surface area (Å²) in [6.07, 6.45) is -0.495. The molecule has 0 bridgehead atoms. The van der Waals surface area contributed by atoms with Crippen molar-refractivity contribution in [1.29, 1.82) is 0 Å². The molecule has 0 aliphatic rings. The van der Waals surface area contributed by atoms with E-state index in [1.165, 1.54) is 16.0 Å². The number of aromatic nitrogens is 3. The number of carbonyl (C=O) groups excluding carboxylic acids is 1. The van der Waals surface area contributed by atoms with Crippen molar-refractivity contribution in [3.8, 4) is 11.4 Å². The molecule has 0 saturated heterocycles. The molecule has 0 fully saturated rings. The Labute approximate surface area is 154 Å². The molecule has 3 heterocycles. The number of carbonyl (C=O) groups is 1. The monoisotopic (exact) mass is 369 g/mol. The Bertz CT molecular complexity index is 1110. The standard InChI is InChI=1S/C19H19N3O3S/c1-19(2,3)25-18(24)22-15-6-7-26-17(15)16(21-22)14-9-12-8-11(10-23)4-5-13(12)20-14/h4-9,20,23H,10H2,1-3H3. The zero-order valence-corrected chi connectivity index (χ0v) is 15.6. The Hall–Kier alpha value is -2.64. The molecule has 0 amide bonds. The van der Waals surface area contributed by atoms with Crippen molar-refractivity contribution in [3.05, 3.63) is 41.3 Å². The van der Waals surface area contributed by atoms with Gasteiger partial charge < -0.3 is 14.8 Å². The molecule has 0 unspecified atom stereocenters. The van der Waals surface area contributed by atoms with E-state index in [-0.39, 0.29) is 6.61 Å². The second-order valence-electron chi connectivity index (χ2n) is 7.14. The number of aliphatic hydroxyl groups is 1. The predicted molar refractivity (Wildman–Crippen MR) is 102 cm³/mol. The number of nitrogens with one attached hydrogen (secondary N) is 1. The summed E-state index contributed by atoms with van der Waals surface area (Å²) in [7, 11) is 0. The van der Waals surface area contributed by atoms with E-state index in [1.807, 2.05) is 56.5 Å². The molecule has 4 rings (SSSR count). The van der Waals surface area contributed by atoms with E-state index >= 15 is 0 Å². The number of hydrogen-bond donors (Lipinski definition) is 2. The number of hydrogen-bond acceptors (Lipinski definition) is 5. The molecule has 134 valence electrons. The first-order chi connectivity index (χ1) is 12.4. The van der Waals surface area contributed by atoms with Crippen molar-refractivity contribution in [2.75, 3.05) is 0 Å². The molecule has 3 aromatic heterocycles. The molecule has 7 heteroatoms. The highest BCUT2D eigenvalue weighted by Crippen LogP contribution is 2.34. The molecule has 6 nitrogen and oxygen atoms in total. The Morgan fingerprint density at radius 1 is 1.31 bits per heavy atom. The van der Waals surface area contributed by atoms with Crippen LogP contribution in [0.15, 0.2) is 35.7 Å². The normalized spacial score (nSPS) is 12.2. The fourth-order valence-corrected chi connectivity index (χ4v) is 3.75. The molecule has 26 heavy (non-hydrogen) atoms. The Morgan fingerprint density at radius 2 is 2.12 bits per heavy atom. The SMILES string of the molecule is CC(C)(C)OC(=O)n1nc(-c2cc3cc(CO)ccc3[nH]2)c2sccc21. The molecule has 4 aromatic rings. The van der Waals surface area contributed by atoms with Gasteiger partial charge in [-0.25, -0.2) is 4.79 Å². The molecule has 0 atom stereocenters. The topological polar surface area (TPSA) is 80.1 Å². The maximum atomic E-state index is 12.5. The number of fused-ring (bicyclic) bond motifs is 2. The van der Waals surface area contributed by atoms with Crippen LogP contribution in [0.25, 0.3) is 32.5 Å². The van der Waals surface area contributed by atoms with E-state index in [4.69, 9.17) is 4.74 Å². The smallest absolute Gasteiger partial charge is 0.435 e. The van der Waals surface area contributed by atoms with Crippen LogP contribution in [0.1, 0.15) is 26.3 Å². The lowest BCUT2D eigenvalue weighted by molar-refractivity contribution is 0.0523. The molecular formula is C19H19N3O3S. The maximum absolute atomic E-state index is 12.5. The minimum atomic E-state index is -0.590. The highest BCUT2D eigenvalue weighted by molar-refractivity contribution is 7.17. The highest BCUT2D eigenvalue weighted by Gasteiger charge is 2.23. The highest BCUT2D eigenvalue weighted by atomic mass is 32.1. The predicted octanol–water partition coefficient (Wildman–Crippen LogP) is 4.52. The van der Waals surface area contributed by atoms with Crippen molar-refractivity contribution in [3.63, 3.8) is 0 Å². The Kier molecular flexibility index (Phi) is 3.86. The fraction of sp³-hybridized carbons (Fsp3) is 0.263. The van der Waals surface area contributed by atoms with E-state index in [1.54, 1.807) is 0 Å². The summed E-state index contributed by atoms with van der Waals surface area (Å²) in [5.41, 5.74) is 3.48.